The monoisotopic (exact) mass is 314 g/mol. The molecule has 1 rings (SSSR count). The minimum Gasteiger partial charge on any atom is -0.480 e. The molecule has 0 bridgehead atoms. The fraction of sp³-hybridized carbons (Fsp3) is 0.500. The SMILES string of the molecule is CC(C)(C)c1cc(C(=O)N[C@H](CCO)C(=O)O)cc(Cl)n1. The minimum absolute atomic E-state index is 0.0635. The summed E-state index contributed by atoms with van der Waals surface area (Å²) in [5.74, 6) is -1.76. The molecule has 7 heteroatoms. The van der Waals surface area contributed by atoms with Gasteiger partial charge < -0.3 is 15.5 Å². The Morgan fingerprint density at radius 1 is 1.38 bits per heavy atom. The van der Waals surface area contributed by atoms with Crippen molar-refractivity contribution in [2.45, 2.75) is 38.6 Å². The molecule has 0 unspecified atom stereocenters. The summed E-state index contributed by atoms with van der Waals surface area (Å²) < 4.78 is 0. The maximum absolute atomic E-state index is 12.1. The first kappa shape index (κ1) is 17.4. The molecule has 0 saturated carbocycles. The third kappa shape index (κ3) is 4.99. The van der Waals surface area contributed by atoms with E-state index in [2.05, 4.69) is 10.3 Å². The summed E-state index contributed by atoms with van der Waals surface area (Å²) in [5, 5.41) is 20.3. The van der Waals surface area contributed by atoms with Gasteiger partial charge in [-0.25, -0.2) is 9.78 Å². The highest BCUT2D eigenvalue weighted by atomic mass is 35.5. The lowest BCUT2D eigenvalue weighted by Gasteiger charge is -2.19. The fourth-order valence-corrected chi connectivity index (χ4v) is 1.85. The van der Waals surface area contributed by atoms with Crippen LogP contribution < -0.4 is 5.32 Å². The van der Waals surface area contributed by atoms with Crippen LogP contribution in [0.25, 0.3) is 0 Å². The number of aliphatic hydroxyl groups is 1. The van der Waals surface area contributed by atoms with Crippen LogP contribution in [0.4, 0.5) is 0 Å². The van der Waals surface area contributed by atoms with Crippen LogP contribution in [0.15, 0.2) is 12.1 Å². The molecule has 0 aromatic carbocycles. The molecule has 1 atom stereocenters. The Kier molecular flexibility index (Phi) is 5.69. The molecule has 1 amide bonds. The van der Waals surface area contributed by atoms with E-state index in [1.54, 1.807) is 6.07 Å². The standard InChI is InChI=1S/C14H19ClN2O4/c1-14(2,3)10-6-8(7-11(15)17-10)12(19)16-9(4-5-18)13(20)21/h6-7,9,18H,4-5H2,1-3H3,(H,16,19)(H,20,21)/t9-/m1/s1. The number of rotatable bonds is 5. The van der Waals surface area contributed by atoms with Crippen molar-refractivity contribution in [1.82, 2.24) is 10.3 Å². The van der Waals surface area contributed by atoms with Crippen LogP contribution in [0, 0.1) is 0 Å². The Labute approximate surface area is 128 Å². The minimum atomic E-state index is -1.20. The number of halogens is 1. The van der Waals surface area contributed by atoms with Gasteiger partial charge in [0.1, 0.15) is 11.2 Å². The Morgan fingerprint density at radius 2 is 2.00 bits per heavy atom. The summed E-state index contributed by atoms with van der Waals surface area (Å²) in [6.07, 6.45) is -0.0635. The van der Waals surface area contributed by atoms with Crippen molar-refractivity contribution in [3.63, 3.8) is 0 Å². The van der Waals surface area contributed by atoms with Crippen molar-refractivity contribution >= 4 is 23.5 Å². The number of hydrogen-bond acceptors (Lipinski definition) is 4. The van der Waals surface area contributed by atoms with Gasteiger partial charge in [0, 0.05) is 29.7 Å². The number of nitrogens with one attached hydrogen (secondary N) is 1. The van der Waals surface area contributed by atoms with E-state index in [1.807, 2.05) is 20.8 Å². The Hall–Kier alpha value is -1.66. The van der Waals surface area contributed by atoms with Crippen molar-refractivity contribution < 1.29 is 19.8 Å². The topological polar surface area (TPSA) is 99.5 Å². The van der Waals surface area contributed by atoms with Gasteiger partial charge in [0.25, 0.3) is 5.91 Å². The second-order valence-electron chi connectivity index (χ2n) is 5.69. The lowest BCUT2D eigenvalue weighted by Crippen LogP contribution is -2.41. The molecule has 0 fully saturated rings. The highest BCUT2D eigenvalue weighted by Gasteiger charge is 2.22. The van der Waals surface area contributed by atoms with Gasteiger partial charge in [0.05, 0.1) is 0 Å². The lowest BCUT2D eigenvalue weighted by atomic mass is 9.91. The predicted molar refractivity (Wildman–Crippen MR) is 78.5 cm³/mol. The second kappa shape index (κ2) is 6.87. The highest BCUT2D eigenvalue weighted by Crippen LogP contribution is 2.23. The number of aliphatic carboxylic acids is 1. The van der Waals surface area contributed by atoms with Crippen LogP contribution in [0.5, 0.6) is 0 Å². The number of aliphatic hydroxyl groups excluding tert-OH is 1. The second-order valence-corrected chi connectivity index (χ2v) is 6.08. The number of aromatic nitrogens is 1. The Morgan fingerprint density at radius 3 is 2.48 bits per heavy atom. The fourth-order valence-electron chi connectivity index (χ4n) is 1.64. The predicted octanol–water partition coefficient (Wildman–Crippen LogP) is 1.60. The molecule has 21 heavy (non-hydrogen) atoms. The van der Waals surface area contributed by atoms with Gasteiger partial charge in [-0.1, -0.05) is 32.4 Å². The zero-order valence-corrected chi connectivity index (χ0v) is 12.9. The van der Waals surface area contributed by atoms with Gasteiger partial charge in [-0.15, -0.1) is 0 Å². The number of carbonyl (C=O) groups is 2. The van der Waals surface area contributed by atoms with Crippen LogP contribution in [-0.4, -0.2) is 39.7 Å². The van der Waals surface area contributed by atoms with E-state index in [4.69, 9.17) is 21.8 Å². The molecule has 3 N–H and O–H groups in total. The van der Waals surface area contributed by atoms with Crippen molar-refractivity contribution in [3.8, 4) is 0 Å². The average Bonchev–Trinajstić information content (AvgIpc) is 2.36. The largest absolute Gasteiger partial charge is 0.480 e. The molecule has 1 heterocycles. The van der Waals surface area contributed by atoms with E-state index in [9.17, 15) is 9.59 Å². The van der Waals surface area contributed by atoms with E-state index in [0.29, 0.717) is 5.69 Å². The van der Waals surface area contributed by atoms with Gasteiger partial charge in [-0.05, 0) is 12.1 Å². The quantitative estimate of drug-likeness (QED) is 0.717. The van der Waals surface area contributed by atoms with E-state index < -0.39 is 17.9 Å². The average molecular weight is 315 g/mol. The van der Waals surface area contributed by atoms with Crippen LogP contribution in [0.1, 0.15) is 43.2 Å². The molecule has 0 saturated heterocycles. The smallest absolute Gasteiger partial charge is 0.326 e. The lowest BCUT2D eigenvalue weighted by molar-refractivity contribution is -0.139. The maximum atomic E-state index is 12.1. The van der Waals surface area contributed by atoms with Crippen LogP contribution in [0.2, 0.25) is 5.15 Å². The van der Waals surface area contributed by atoms with Crippen LogP contribution in [0.3, 0.4) is 0 Å². The van der Waals surface area contributed by atoms with Crippen molar-refractivity contribution in [1.29, 1.82) is 0 Å². The first-order valence-electron chi connectivity index (χ1n) is 6.47. The number of amides is 1. The van der Waals surface area contributed by atoms with E-state index in [0.717, 1.165) is 0 Å². The molecule has 0 aliphatic rings. The maximum Gasteiger partial charge on any atom is 0.326 e. The van der Waals surface area contributed by atoms with E-state index in [-0.39, 0.29) is 29.2 Å². The van der Waals surface area contributed by atoms with Gasteiger partial charge >= 0.3 is 5.97 Å². The summed E-state index contributed by atoms with van der Waals surface area (Å²) in [4.78, 5) is 27.3. The zero-order valence-electron chi connectivity index (χ0n) is 12.2. The summed E-state index contributed by atoms with van der Waals surface area (Å²) >= 11 is 5.91. The highest BCUT2D eigenvalue weighted by molar-refractivity contribution is 6.29. The van der Waals surface area contributed by atoms with Crippen molar-refractivity contribution in [3.05, 3.63) is 28.5 Å². The number of pyridine rings is 1. The molecule has 0 aliphatic carbocycles. The first-order valence-corrected chi connectivity index (χ1v) is 6.85. The number of carboxylic acids is 1. The Balaban J connectivity index is 3.02. The normalized spacial score (nSPS) is 12.8. The molecular formula is C14H19ClN2O4. The molecular weight excluding hydrogens is 296 g/mol. The molecule has 116 valence electrons. The number of carboxylic acid groups (broad SMARTS) is 1. The van der Waals surface area contributed by atoms with E-state index in [1.165, 1.54) is 6.07 Å². The van der Waals surface area contributed by atoms with Gasteiger partial charge in [0.2, 0.25) is 0 Å². The van der Waals surface area contributed by atoms with Gasteiger partial charge in [-0.2, -0.15) is 0 Å². The molecule has 6 nitrogen and oxygen atoms in total. The number of nitrogens with zero attached hydrogens (tertiary/aromatic N) is 1. The molecule has 0 aliphatic heterocycles. The molecule has 0 spiro atoms. The van der Waals surface area contributed by atoms with Crippen molar-refractivity contribution in [2.75, 3.05) is 6.61 Å². The molecule has 0 radical (unpaired) electrons. The van der Waals surface area contributed by atoms with Gasteiger partial charge in [0.15, 0.2) is 0 Å². The summed E-state index contributed by atoms with van der Waals surface area (Å²) in [6, 6.07) is 1.82. The van der Waals surface area contributed by atoms with Gasteiger partial charge in [-0.3, -0.25) is 4.79 Å². The summed E-state index contributed by atoms with van der Waals surface area (Å²) in [5.41, 5.74) is 0.579. The summed E-state index contributed by atoms with van der Waals surface area (Å²) in [7, 11) is 0. The third-order valence-electron chi connectivity index (χ3n) is 2.85. The Bertz CT molecular complexity index is 540. The van der Waals surface area contributed by atoms with E-state index >= 15 is 0 Å². The molecule has 1 aromatic heterocycles. The summed E-state index contributed by atoms with van der Waals surface area (Å²) in [6.45, 7) is 5.46. The van der Waals surface area contributed by atoms with Crippen LogP contribution in [-0.2, 0) is 10.2 Å². The number of hydrogen-bond donors (Lipinski definition) is 3. The van der Waals surface area contributed by atoms with Crippen LogP contribution >= 0.6 is 11.6 Å². The number of carbonyl (C=O) groups excluding carboxylic acids is 1. The zero-order chi connectivity index (χ0) is 16.2. The third-order valence-corrected chi connectivity index (χ3v) is 3.04. The molecule has 1 aromatic rings. The van der Waals surface area contributed by atoms with Crippen molar-refractivity contribution in [2.24, 2.45) is 0 Å². The first-order chi connectivity index (χ1) is 9.65.